The molecule has 0 amide bonds. The second-order valence-corrected chi connectivity index (χ2v) is 4.05. The molecule has 5 heteroatoms. The normalized spacial score (nSPS) is 10.9. The summed E-state index contributed by atoms with van der Waals surface area (Å²) in [6.45, 7) is 0. The van der Waals surface area contributed by atoms with Gasteiger partial charge >= 0.3 is 0 Å². The maximum absolute atomic E-state index is 11.6. The Morgan fingerprint density at radius 1 is 1.33 bits per heavy atom. The molecule has 0 aliphatic rings. The van der Waals surface area contributed by atoms with Crippen LogP contribution in [0.5, 0.6) is 0 Å². The van der Waals surface area contributed by atoms with Crippen molar-refractivity contribution < 1.29 is 5.84 Å². The van der Waals surface area contributed by atoms with E-state index in [0.29, 0.717) is 11.9 Å². The second kappa shape index (κ2) is 4.03. The first-order valence-corrected chi connectivity index (χ1v) is 5.54. The van der Waals surface area contributed by atoms with E-state index in [1.165, 1.54) is 0 Å². The van der Waals surface area contributed by atoms with Crippen molar-refractivity contribution in [3.05, 3.63) is 58.1 Å². The third kappa shape index (κ3) is 1.75. The van der Waals surface area contributed by atoms with Crippen molar-refractivity contribution in [2.45, 2.75) is 6.42 Å². The first-order valence-electron chi connectivity index (χ1n) is 5.54. The molecule has 3 aromatic rings. The molecule has 0 saturated carbocycles. The highest BCUT2D eigenvalue weighted by atomic mass is 16.3. The van der Waals surface area contributed by atoms with Crippen LogP contribution in [0.2, 0.25) is 0 Å². The topological polar surface area (TPSA) is 84.9 Å². The number of fused-ring (bicyclic) bond motifs is 1. The van der Waals surface area contributed by atoms with E-state index in [1.807, 2.05) is 30.3 Å². The quantitative estimate of drug-likeness (QED) is 0.720. The first kappa shape index (κ1) is 10.6. The molecule has 0 aliphatic carbocycles. The summed E-state index contributed by atoms with van der Waals surface area (Å²) in [5.74, 6) is 0.100. The Bertz CT molecular complexity index is 749. The van der Waals surface area contributed by atoms with Gasteiger partial charge in [-0.15, -0.1) is 0 Å². The van der Waals surface area contributed by atoms with Gasteiger partial charge in [0.05, 0.1) is 6.26 Å². The third-order valence-electron chi connectivity index (χ3n) is 2.76. The molecule has 0 saturated heterocycles. The van der Waals surface area contributed by atoms with Crippen LogP contribution >= 0.6 is 0 Å². The fourth-order valence-electron chi connectivity index (χ4n) is 1.93. The molecule has 0 bridgehead atoms. The monoisotopic (exact) mass is 243 g/mol. The predicted octanol–water partition coefficient (Wildman–Crippen LogP) is 1.94. The Morgan fingerprint density at radius 2 is 2.11 bits per heavy atom. The van der Waals surface area contributed by atoms with Gasteiger partial charge < -0.3 is 10.2 Å². The van der Waals surface area contributed by atoms with E-state index in [0.717, 1.165) is 11.1 Å². The summed E-state index contributed by atoms with van der Waals surface area (Å²) in [4.78, 5) is 18.1. The summed E-state index contributed by atoms with van der Waals surface area (Å²) in [5, 5.41) is 0. The number of anilines is 1. The average molecular weight is 243 g/mol. The van der Waals surface area contributed by atoms with Crippen molar-refractivity contribution >= 4 is 17.0 Å². The molecule has 0 fully saturated rings. The molecule has 0 aliphatic heterocycles. The molecule has 3 rings (SSSR count). The number of nitrogens with two attached hydrogens (primary N) is 1. The number of furan rings is 1. The van der Waals surface area contributed by atoms with Crippen LogP contribution in [-0.2, 0) is 6.42 Å². The Kier molecular flexibility index (Phi) is 2.37. The molecule has 0 atom stereocenters. The number of hydrogen-bond acceptors (Lipinski definition) is 4. The third-order valence-corrected chi connectivity index (χ3v) is 2.76. The van der Waals surface area contributed by atoms with Crippen LogP contribution in [0, 0.1) is 0 Å². The molecule has 0 radical (unpaired) electrons. The Hall–Kier alpha value is -2.56. The zero-order valence-corrected chi connectivity index (χ0v) is 9.51. The Labute approximate surface area is 104 Å². The van der Waals surface area contributed by atoms with E-state index < -0.39 is 0 Å². The molecule has 5 nitrogen and oxygen atoms in total. The molecule has 0 spiro atoms. The number of nitrogens with zero attached hydrogens (tertiary/aromatic N) is 1. The van der Waals surface area contributed by atoms with Gasteiger partial charge in [0, 0.05) is 13.4 Å². The summed E-state index contributed by atoms with van der Waals surface area (Å²) in [6, 6.07) is 9.90. The molecular weight excluding hydrogens is 230 g/mol. The van der Waals surface area contributed by atoms with Crippen molar-refractivity contribution in [1.29, 1.82) is 0 Å². The van der Waals surface area contributed by atoms with E-state index in [2.05, 4.69) is 9.97 Å². The Balaban J connectivity index is 0.00000133. The fourth-order valence-corrected chi connectivity index (χ4v) is 1.93. The fraction of sp³-hybridized carbons (Fsp3) is 0.0769. The van der Waals surface area contributed by atoms with Crippen molar-refractivity contribution in [2.24, 2.45) is 0 Å². The number of H-pyrrole nitrogens is 1. The van der Waals surface area contributed by atoms with E-state index in [9.17, 15) is 4.79 Å². The molecule has 0 unspecified atom stereocenters. The van der Waals surface area contributed by atoms with Crippen LogP contribution in [0.25, 0.3) is 11.1 Å². The smallest absolute Gasteiger partial charge is 0.295 e. The van der Waals surface area contributed by atoms with E-state index >= 15 is 0 Å². The number of rotatable bonds is 2. The van der Waals surface area contributed by atoms with Gasteiger partial charge in [0.1, 0.15) is 5.52 Å². The summed E-state index contributed by atoms with van der Waals surface area (Å²) in [7, 11) is 0. The van der Waals surface area contributed by atoms with Crippen LogP contribution in [0.15, 0.2) is 45.8 Å². The van der Waals surface area contributed by atoms with E-state index in [1.54, 1.807) is 6.26 Å². The van der Waals surface area contributed by atoms with Crippen LogP contribution in [0.4, 0.5) is 5.95 Å². The number of aromatic amines is 1. The van der Waals surface area contributed by atoms with Crippen molar-refractivity contribution in [3.63, 3.8) is 0 Å². The van der Waals surface area contributed by atoms with E-state index in [-0.39, 0.29) is 18.5 Å². The van der Waals surface area contributed by atoms with Gasteiger partial charge in [-0.1, -0.05) is 30.3 Å². The molecule has 3 N–H and O–H groups in total. The van der Waals surface area contributed by atoms with Crippen LogP contribution in [0.1, 0.15) is 12.6 Å². The van der Waals surface area contributed by atoms with Gasteiger partial charge in [-0.3, -0.25) is 9.78 Å². The predicted molar refractivity (Wildman–Crippen MR) is 70.4 cm³/mol. The second-order valence-electron chi connectivity index (χ2n) is 4.05. The molecular formula is C13H13N3O2. The number of hydrogen-bond donors (Lipinski definition) is 2. The van der Waals surface area contributed by atoms with Crippen LogP contribution < -0.4 is 11.3 Å². The van der Waals surface area contributed by atoms with Gasteiger partial charge in [-0.25, -0.2) is 4.98 Å². The molecule has 18 heavy (non-hydrogen) atoms. The number of nitrogens with one attached hydrogen (secondary N) is 1. The number of nitrogen functional groups attached to an aromatic ring is 1. The zero-order valence-electron chi connectivity index (χ0n) is 9.51. The molecule has 2 heterocycles. The van der Waals surface area contributed by atoms with E-state index in [4.69, 9.17) is 10.2 Å². The van der Waals surface area contributed by atoms with Gasteiger partial charge in [0.15, 0.2) is 0 Å². The average Bonchev–Trinajstić information content (AvgIpc) is 2.74. The highest BCUT2D eigenvalue weighted by molar-refractivity contribution is 5.76. The summed E-state index contributed by atoms with van der Waals surface area (Å²) in [6.07, 6.45) is 2.21. The first-order chi connectivity index (χ1) is 8.74. The summed E-state index contributed by atoms with van der Waals surface area (Å²) in [5.41, 5.74) is 7.91. The minimum atomic E-state index is -0.350. The standard InChI is InChI=1S/C13H11N3O2.H2/c14-13-15-10-9(6-8-4-2-1-3-5-8)7-18-11(10)12(17)16-13;/h1-5,7H,6H2,(H3,14,15,16,17);1H. The Morgan fingerprint density at radius 3 is 2.89 bits per heavy atom. The lowest BCUT2D eigenvalue weighted by atomic mass is 10.1. The van der Waals surface area contributed by atoms with Gasteiger partial charge in [0.2, 0.25) is 11.5 Å². The zero-order chi connectivity index (χ0) is 12.5. The lowest BCUT2D eigenvalue weighted by Gasteiger charge is -1.98. The highest BCUT2D eigenvalue weighted by Gasteiger charge is 2.11. The number of benzene rings is 1. The van der Waals surface area contributed by atoms with Gasteiger partial charge in [-0.2, -0.15) is 0 Å². The summed E-state index contributed by atoms with van der Waals surface area (Å²) < 4.78 is 5.25. The largest absolute Gasteiger partial charge is 0.456 e. The maximum Gasteiger partial charge on any atom is 0.295 e. The lowest BCUT2D eigenvalue weighted by molar-refractivity contribution is 0.606. The van der Waals surface area contributed by atoms with Crippen molar-refractivity contribution in [1.82, 2.24) is 9.97 Å². The highest BCUT2D eigenvalue weighted by Crippen LogP contribution is 2.19. The van der Waals surface area contributed by atoms with Crippen LogP contribution in [-0.4, -0.2) is 9.97 Å². The van der Waals surface area contributed by atoms with Crippen LogP contribution in [0.3, 0.4) is 0 Å². The minimum absolute atomic E-state index is 0. The molecule has 2 aromatic heterocycles. The molecule has 1 aromatic carbocycles. The van der Waals surface area contributed by atoms with Gasteiger partial charge in [0.25, 0.3) is 5.56 Å². The maximum atomic E-state index is 11.6. The van der Waals surface area contributed by atoms with Gasteiger partial charge in [-0.05, 0) is 5.56 Å². The minimum Gasteiger partial charge on any atom is -0.456 e. The summed E-state index contributed by atoms with van der Waals surface area (Å²) >= 11 is 0. The SMILES string of the molecule is Nc1nc2c(Cc3ccccc3)coc2c(=O)[nH]1.[HH]. The number of aromatic nitrogens is 2. The molecule has 92 valence electrons. The van der Waals surface area contributed by atoms with Crippen molar-refractivity contribution in [3.8, 4) is 0 Å². The van der Waals surface area contributed by atoms with Crippen molar-refractivity contribution in [2.75, 3.05) is 5.73 Å². The lowest BCUT2D eigenvalue weighted by Crippen LogP contribution is -2.10.